The lowest BCUT2D eigenvalue weighted by molar-refractivity contribution is -0.378. The maximum atomic E-state index is 12.6. The molecule has 0 aromatic rings. The number of hydrogen-bond acceptors (Lipinski definition) is 1. The fourth-order valence-electron chi connectivity index (χ4n) is 2.19. The van der Waals surface area contributed by atoms with E-state index in [-0.39, 0.29) is 6.92 Å². The van der Waals surface area contributed by atoms with Crippen molar-refractivity contribution in [2.24, 2.45) is 5.41 Å². The molecule has 0 aromatic carbocycles. The van der Waals surface area contributed by atoms with Gasteiger partial charge in [0.2, 0.25) is 0 Å². The molecule has 7 heteroatoms. The van der Waals surface area contributed by atoms with E-state index in [1.165, 1.54) is 0 Å². The summed E-state index contributed by atoms with van der Waals surface area (Å²) in [6, 6.07) is 0. The molecule has 0 N–H and O–H groups in total. The van der Waals surface area contributed by atoms with Crippen LogP contribution in [0.2, 0.25) is 0 Å². The van der Waals surface area contributed by atoms with Crippen molar-refractivity contribution in [3.8, 4) is 0 Å². The van der Waals surface area contributed by atoms with Crippen LogP contribution in [0.1, 0.15) is 46.0 Å². The van der Waals surface area contributed by atoms with Gasteiger partial charge in [-0.2, -0.15) is 26.3 Å². The van der Waals surface area contributed by atoms with Crippen LogP contribution in [-0.4, -0.2) is 24.6 Å². The number of halogens is 6. The van der Waals surface area contributed by atoms with Gasteiger partial charge >= 0.3 is 12.4 Å². The molecule has 0 atom stereocenters. The van der Waals surface area contributed by atoms with E-state index < -0.39 is 30.0 Å². The lowest BCUT2D eigenvalue weighted by Gasteiger charge is -2.39. The van der Waals surface area contributed by atoms with Crippen LogP contribution in [0.3, 0.4) is 0 Å². The Hall–Kier alpha value is -0.460. The molecule has 1 saturated carbocycles. The van der Waals surface area contributed by atoms with Crippen LogP contribution in [0.4, 0.5) is 26.3 Å². The average Bonchev–Trinajstić information content (AvgIpc) is 2.24. The minimum Gasteiger partial charge on any atom is -0.358 e. The zero-order valence-electron chi connectivity index (χ0n) is 10.9. The van der Waals surface area contributed by atoms with Gasteiger partial charge in [0.1, 0.15) is 0 Å². The summed E-state index contributed by atoms with van der Waals surface area (Å²) < 4.78 is 80.2. The molecule has 1 aliphatic carbocycles. The van der Waals surface area contributed by atoms with Gasteiger partial charge in [-0.1, -0.05) is 26.2 Å². The Morgan fingerprint density at radius 3 is 1.68 bits per heavy atom. The lowest BCUT2D eigenvalue weighted by atomic mass is 9.76. The highest BCUT2D eigenvalue weighted by Gasteiger charge is 2.69. The molecule has 0 aliphatic heterocycles. The van der Waals surface area contributed by atoms with Crippen LogP contribution < -0.4 is 0 Å². The van der Waals surface area contributed by atoms with Crippen molar-refractivity contribution in [2.75, 3.05) is 6.61 Å². The highest BCUT2D eigenvalue weighted by molar-refractivity contribution is 4.93. The standard InChI is InChI=1S/C12H18F6O/c1-9(6-4-3-5-7-9)8-19-10(2,11(13,14)15)12(16,17)18/h3-8H2,1-2H3. The van der Waals surface area contributed by atoms with Crippen molar-refractivity contribution in [3.05, 3.63) is 0 Å². The number of hydrogen-bond donors (Lipinski definition) is 0. The summed E-state index contributed by atoms with van der Waals surface area (Å²) in [4.78, 5) is 0. The zero-order chi connectivity index (χ0) is 14.9. The largest absolute Gasteiger partial charge is 0.426 e. The summed E-state index contributed by atoms with van der Waals surface area (Å²) in [5, 5.41) is 0. The summed E-state index contributed by atoms with van der Waals surface area (Å²) >= 11 is 0. The highest BCUT2D eigenvalue weighted by Crippen LogP contribution is 2.47. The summed E-state index contributed by atoms with van der Waals surface area (Å²) in [5.74, 6) is 0. The molecule has 0 bridgehead atoms. The molecule has 0 saturated heterocycles. The van der Waals surface area contributed by atoms with E-state index in [4.69, 9.17) is 0 Å². The van der Waals surface area contributed by atoms with Crippen LogP contribution >= 0.6 is 0 Å². The first-order valence-electron chi connectivity index (χ1n) is 6.19. The zero-order valence-corrected chi connectivity index (χ0v) is 10.9. The molecule has 0 aromatic heterocycles. The predicted octanol–water partition coefficient (Wildman–Crippen LogP) is 4.86. The topological polar surface area (TPSA) is 9.23 Å². The minimum atomic E-state index is -5.48. The fraction of sp³-hybridized carbons (Fsp3) is 1.00. The number of alkyl halides is 6. The molecule has 0 amide bonds. The van der Waals surface area contributed by atoms with Gasteiger partial charge in [0, 0.05) is 0 Å². The van der Waals surface area contributed by atoms with Gasteiger partial charge in [-0.25, -0.2) is 0 Å². The molecule has 114 valence electrons. The lowest BCUT2D eigenvalue weighted by Crippen LogP contribution is -2.57. The van der Waals surface area contributed by atoms with Crippen molar-refractivity contribution in [2.45, 2.75) is 63.9 Å². The van der Waals surface area contributed by atoms with Gasteiger partial charge in [0.05, 0.1) is 6.61 Å². The van der Waals surface area contributed by atoms with Crippen LogP contribution in [0, 0.1) is 5.41 Å². The Morgan fingerprint density at radius 1 is 0.895 bits per heavy atom. The van der Waals surface area contributed by atoms with E-state index in [0.717, 1.165) is 19.3 Å². The molecule has 0 radical (unpaired) electrons. The van der Waals surface area contributed by atoms with Crippen LogP contribution in [0.15, 0.2) is 0 Å². The Balaban J connectivity index is 2.80. The number of ether oxygens (including phenoxy) is 1. The molecule has 0 heterocycles. The molecule has 19 heavy (non-hydrogen) atoms. The fourth-order valence-corrected chi connectivity index (χ4v) is 2.19. The third-order valence-electron chi connectivity index (χ3n) is 3.85. The van der Waals surface area contributed by atoms with Crippen molar-refractivity contribution >= 4 is 0 Å². The molecule has 0 spiro atoms. The summed E-state index contributed by atoms with van der Waals surface area (Å²) in [5.41, 5.74) is -4.70. The molecule has 0 unspecified atom stereocenters. The first-order valence-corrected chi connectivity index (χ1v) is 6.19. The second-order valence-electron chi connectivity index (χ2n) is 5.69. The van der Waals surface area contributed by atoms with Gasteiger partial charge in [-0.15, -0.1) is 0 Å². The third-order valence-corrected chi connectivity index (χ3v) is 3.85. The van der Waals surface area contributed by atoms with Crippen molar-refractivity contribution in [1.29, 1.82) is 0 Å². The van der Waals surface area contributed by atoms with E-state index >= 15 is 0 Å². The van der Waals surface area contributed by atoms with Crippen molar-refractivity contribution < 1.29 is 31.1 Å². The summed E-state index contributed by atoms with van der Waals surface area (Å²) in [7, 11) is 0. The van der Waals surface area contributed by atoms with Crippen LogP contribution in [0.5, 0.6) is 0 Å². The van der Waals surface area contributed by atoms with E-state index in [2.05, 4.69) is 4.74 Å². The minimum absolute atomic E-state index is 0.0547. The Labute approximate surface area is 108 Å². The molecule has 1 rings (SSSR count). The number of rotatable bonds is 3. The van der Waals surface area contributed by atoms with Gasteiger partial charge in [-0.3, -0.25) is 0 Å². The van der Waals surface area contributed by atoms with E-state index in [1.807, 2.05) is 0 Å². The summed E-state index contributed by atoms with van der Waals surface area (Å²) in [6.45, 7) is 1.21. The van der Waals surface area contributed by atoms with Crippen molar-refractivity contribution in [1.82, 2.24) is 0 Å². The van der Waals surface area contributed by atoms with Crippen molar-refractivity contribution in [3.63, 3.8) is 0 Å². The summed E-state index contributed by atoms with van der Waals surface area (Å²) in [6.07, 6.45) is -7.17. The van der Waals surface area contributed by atoms with Gasteiger partial charge < -0.3 is 4.74 Å². The van der Waals surface area contributed by atoms with E-state index in [9.17, 15) is 26.3 Å². The molecule has 1 nitrogen and oxygen atoms in total. The monoisotopic (exact) mass is 292 g/mol. The van der Waals surface area contributed by atoms with Gasteiger partial charge in [-0.05, 0) is 25.2 Å². The molecule has 1 fully saturated rings. The molecular formula is C12H18F6O. The second kappa shape index (κ2) is 5.14. The Bertz CT molecular complexity index is 286. The van der Waals surface area contributed by atoms with Gasteiger partial charge in [0.15, 0.2) is 0 Å². The smallest absolute Gasteiger partial charge is 0.358 e. The third kappa shape index (κ3) is 3.55. The molecular weight excluding hydrogens is 274 g/mol. The van der Waals surface area contributed by atoms with E-state index in [0.29, 0.717) is 12.8 Å². The van der Waals surface area contributed by atoms with Gasteiger partial charge in [0.25, 0.3) is 5.60 Å². The second-order valence-corrected chi connectivity index (χ2v) is 5.69. The average molecular weight is 292 g/mol. The first-order chi connectivity index (χ1) is 8.41. The van der Waals surface area contributed by atoms with Crippen LogP contribution in [-0.2, 0) is 4.74 Å². The SMILES string of the molecule is CC1(COC(C)(C(F)(F)F)C(F)(F)F)CCCCC1. The first kappa shape index (κ1) is 16.6. The van der Waals surface area contributed by atoms with E-state index in [1.54, 1.807) is 6.92 Å². The Kier molecular flexibility index (Phi) is 4.49. The Morgan fingerprint density at radius 2 is 1.32 bits per heavy atom. The maximum Gasteiger partial charge on any atom is 0.426 e. The quantitative estimate of drug-likeness (QED) is 0.675. The highest BCUT2D eigenvalue weighted by atomic mass is 19.4. The maximum absolute atomic E-state index is 12.6. The normalized spacial score (nSPS) is 21.5. The molecule has 1 aliphatic rings. The van der Waals surface area contributed by atoms with Crippen LogP contribution in [0.25, 0.3) is 0 Å². The predicted molar refractivity (Wildman–Crippen MR) is 57.7 cm³/mol.